The van der Waals surface area contributed by atoms with Crippen molar-refractivity contribution in [3.05, 3.63) is 24.3 Å². The average molecular weight is 536 g/mol. The average Bonchev–Trinajstić information content (AvgIpc) is 2.92. The van der Waals surface area contributed by atoms with E-state index < -0.39 is 12.1 Å². The second-order valence-corrected chi connectivity index (χ2v) is 11.2. The predicted octanol–water partition coefficient (Wildman–Crippen LogP) is 9.34. The van der Waals surface area contributed by atoms with Crippen LogP contribution in [0.15, 0.2) is 24.3 Å². The van der Waals surface area contributed by atoms with Crippen LogP contribution in [0.5, 0.6) is 0 Å². The lowest BCUT2D eigenvalue weighted by Crippen LogP contribution is -2.45. The van der Waals surface area contributed by atoms with Gasteiger partial charge in [-0.25, -0.2) is 0 Å². The highest BCUT2D eigenvalue weighted by molar-refractivity contribution is 5.76. The summed E-state index contributed by atoms with van der Waals surface area (Å²) in [5, 5.41) is 22.9. The van der Waals surface area contributed by atoms with Gasteiger partial charge in [-0.15, -0.1) is 0 Å². The third kappa shape index (κ3) is 26.5. The van der Waals surface area contributed by atoms with Gasteiger partial charge in [0, 0.05) is 6.42 Å². The van der Waals surface area contributed by atoms with Crippen molar-refractivity contribution in [3.8, 4) is 0 Å². The quantitative estimate of drug-likeness (QED) is 0.0660. The summed E-state index contributed by atoms with van der Waals surface area (Å²) in [6.07, 6.45) is 36.4. The number of carbonyl (C=O) groups excluding carboxylic acids is 1. The van der Waals surface area contributed by atoms with Gasteiger partial charge in [0.25, 0.3) is 0 Å². The topological polar surface area (TPSA) is 69.6 Å². The third-order valence-corrected chi connectivity index (χ3v) is 7.47. The number of carbonyl (C=O) groups is 1. The summed E-state index contributed by atoms with van der Waals surface area (Å²) in [5.74, 6) is -0.0484. The molecule has 0 aromatic heterocycles. The van der Waals surface area contributed by atoms with Crippen LogP contribution in [0.2, 0.25) is 0 Å². The normalized spacial score (nSPS) is 13.5. The molecule has 0 fully saturated rings. The van der Waals surface area contributed by atoms with Crippen molar-refractivity contribution in [2.75, 3.05) is 6.61 Å². The van der Waals surface area contributed by atoms with E-state index in [1.54, 1.807) is 0 Å². The summed E-state index contributed by atoms with van der Waals surface area (Å²) < 4.78 is 0. The van der Waals surface area contributed by atoms with Gasteiger partial charge < -0.3 is 15.5 Å². The Morgan fingerprint density at radius 2 is 1.08 bits per heavy atom. The minimum Gasteiger partial charge on any atom is -0.394 e. The van der Waals surface area contributed by atoms with Crippen LogP contribution in [0.1, 0.15) is 168 Å². The Bertz CT molecular complexity index is 546. The fourth-order valence-electron chi connectivity index (χ4n) is 4.86. The van der Waals surface area contributed by atoms with Crippen molar-refractivity contribution >= 4 is 5.91 Å². The fraction of sp³-hybridized carbons (Fsp3) is 0.853. The highest BCUT2D eigenvalue weighted by Gasteiger charge is 2.19. The first-order valence-electron chi connectivity index (χ1n) is 16.5. The van der Waals surface area contributed by atoms with Crippen molar-refractivity contribution in [2.24, 2.45) is 0 Å². The molecule has 0 spiro atoms. The number of aliphatic hydroxyl groups excluding tert-OH is 2. The summed E-state index contributed by atoms with van der Waals surface area (Å²) in [5.41, 5.74) is 0. The number of nitrogens with one attached hydrogen (secondary N) is 1. The molecule has 0 saturated heterocycles. The molecule has 38 heavy (non-hydrogen) atoms. The van der Waals surface area contributed by atoms with Gasteiger partial charge in [-0.2, -0.15) is 0 Å². The lowest BCUT2D eigenvalue weighted by atomic mass is 10.0. The maximum Gasteiger partial charge on any atom is 0.220 e. The highest BCUT2D eigenvalue weighted by Crippen LogP contribution is 2.14. The van der Waals surface area contributed by atoms with E-state index >= 15 is 0 Å². The van der Waals surface area contributed by atoms with Crippen LogP contribution in [0.4, 0.5) is 0 Å². The largest absolute Gasteiger partial charge is 0.394 e. The first-order valence-corrected chi connectivity index (χ1v) is 16.5. The number of unbranched alkanes of at least 4 members (excludes halogenated alkanes) is 18. The van der Waals surface area contributed by atoms with E-state index in [9.17, 15) is 15.0 Å². The molecule has 0 saturated carbocycles. The molecule has 0 radical (unpaired) electrons. The molecule has 4 nitrogen and oxygen atoms in total. The van der Waals surface area contributed by atoms with Crippen LogP contribution in [-0.4, -0.2) is 34.9 Å². The molecular weight excluding hydrogens is 470 g/mol. The van der Waals surface area contributed by atoms with Gasteiger partial charge in [-0.3, -0.25) is 4.79 Å². The van der Waals surface area contributed by atoms with Gasteiger partial charge in [0.1, 0.15) is 0 Å². The monoisotopic (exact) mass is 535 g/mol. The van der Waals surface area contributed by atoms with Crippen LogP contribution < -0.4 is 5.32 Å². The van der Waals surface area contributed by atoms with Crippen molar-refractivity contribution in [2.45, 2.75) is 180 Å². The van der Waals surface area contributed by atoms with Gasteiger partial charge in [-0.1, -0.05) is 141 Å². The zero-order valence-corrected chi connectivity index (χ0v) is 25.4. The standard InChI is InChI=1S/C34H65NO3/c1-3-5-7-9-11-13-15-16-17-18-20-22-24-26-28-30-34(38)35-32(31-36)33(37)29-27-25-23-21-19-14-12-10-8-6-4-2/h11,13,16-17,32-33,36-37H,3-10,12,14-15,18-31H2,1-2H3,(H,35,38)/b13-11+,17-16+/t32-,33+/m0/s1. The van der Waals surface area contributed by atoms with Gasteiger partial charge in [0.2, 0.25) is 5.91 Å². The Hall–Kier alpha value is -1.13. The van der Waals surface area contributed by atoms with E-state index in [0.29, 0.717) is 12.8 Å². The van der Waals surface area contributed by atoms with Crippen LogP contribution in [0.3, 0.4) is 0 Å². The van der Waals surface area contributed by atoms with Crippen LogP contribution in [0.25, 0.3) is 0 Å². The molecule has 2 atom stereocenters. The zero-order valence-electron chi connectivity index (χ0n) is 25.4. The molecule has 0 aromatic carbocycles. The smallest absolute Gasteiger partial charge is 0.220 e. The number of allylic oxidation sites excluding steroid dienone is 4. The highest BCUT2D eigenvalue weighted by atomic mass is 16.3. The predicted molar refractivity (Wildman–Crippen MR) is 165 cm³/mol. The molecule has 0 bridgehead atoms. The molecule has 0 rings (SSSR count). The Kier molecular flexibility index (Phi) is 29.5. The molecule has 0 heterocycles. The molecule has 0 aromatic rings. The Morgan fingerprint density at radius 1 is 0.632 bits per heavy atom. The summed E-state index contributed by atoms with van der Waals surface area (Å²) in [4.78, 5) is 12.3. The number of hydrogen-bond donors (Lipinski definition) is 3. The van der Waals surface area contributed by atoms with Crippen LogP contribution >= 0.6 is 0 Å². The summed E-state index contributed by atoms with van der Waals surface area (Å²) in [7, 11) is 0. The van der Waals surface area contributed by atoms with E-state index in [2.05, 4.69) is 43.5 Å². The van der Waals surface area contributed by atoms with Gasteiger partial charge in [-0.05, 0) is 44.9 Å². The Morgan fingerprint density at radius 3 is 1.63 bits per heavy atom. The van der Waals surface area contributed by atoms with Crippen molar-refractivity contribution < 1.29 is 15.0 Å². The molecule has 0 aliphatic rings. The molecule has 1 amide bonds. The number of rotatable bonds is 29. The first-order chi connectivity index (χ1) is 18.7. The van der Waals surface area contributed by atoms with E-state index in [4.69, 9.17) is 0 Å². The second kappa shape index (κ2) is 30.4. The summed E-state index contributed by atoms with van der Waals surface area (Å²) >= 11 is 0. The van der Waals surface area contributed by atoms with E-state index in [-0.39, 0.29) is 12.5 Å². The van der Waals surface area contributed by atoms with Gasteiger partial charge >= 0.3 is 0 Å². The molecule has 0 unspecified atom stereocenters. The second-order valence-electron chi connectivity index (χ2n) is 11.2. The van der Waals surface area contributed by atoms with Crippen LogP contribution in [0, 0.1) is 0 Å². The van der Waals surface area contributed by atoms with Crippen molar-refractivity contribution in [3.63, 3.8) is 0 Å². The molecule has 224 valence electrons. The lowest BCUT2D eigenvalue weighted by molar-refractivity contribution is -0.123. The fourth-order valence-corrected chi connectivity index (χ4v) is 4.86. The lowest BCUT2D eigenvalue weighted by Gasteiger charge is -2.22. The number of aliphatic hydroxyl groups is 2. The van der Waals surface area contributed by atoms with Crippen molar-refractivity contribution in [1.29, 1.82) is 0 Å². The molecular formula is C34H65NO3. The molecule has 3 N–H and O–H groups in total. The van der Waals surface area contributed by atoms with E-state index in [1.807, 2.05) is 0 Å². The van der Waals surface area contributed by atoms with Gasteiger partial charge in [0.15, 0.2) is 0 Å². The molecule has 0 aliphatic heterocycles. The van der Waals surface area contributed by atoms with Gasteiger partial charge in [0.05, 0.1) is 18.8 Å². The Labute approximate surface area is 237 Å². The van der Waals surface area contributed by atoms with E-state index in [0.717, 1.165) is 44.9 Å². The van der Waals surface area contributed by atoms with Crippen molar-refractivity contribution in [1.82, 2.24) is 5.32 Å². The third-order valence-electron chi connectivity index (χ3n) is 7.47. The minimum absolute atomic E-state index is 0.0484. The number of hydrogen-bond acceptors (Lipinski definition) is 3. The zero-order chi connectivity index (χ0) is 27.9. The molecule has 0 aliphatic carbocycles. The maximum atomic E-state index is 12.3. The summed E-state index contributed by atoms with van der Waals surface area (Å²) in [6, 6.07) is -0.538. The van der Waals surface area contributed by atoms with Crippen LogP contribution in [-0.2, 0) is 4.79 Å². The summed E-state index contributed by atoms with van der Waals surface area (Å²) in [6.45, 7) is 4.30. The minimum atomic E-state index is -0.660. The Balaban J connectivity index is 3.63. The first kappa shape index (κ1) is 36.9. The SMILES string of the molecule is CCCCC/C=C/C/C=C/CCCCCCCC(=O)N[C@@H](CO)[C@H](O)CCCCCCCCCCCCC. The molecule has 4 heteroatoms. The maximum absolute atomic E-state index is 12.3. The number of amides is 1. The van der Waals surface area contributed by atoms with E-state index in [1.165, 1.54) is 96.3 Å².